The molecule has 1 nitrogen and oxygen atoms in total. The van der Waals surface area contributed by atoms with Crippen molar-refractivity contribution in [3.63, 3.8) is 0 Å². The van der Waals surface area contributed by atoms with Gasteiger partial charge in [-0.3, -0.25) is 0 Å². The van der Waals surface area contributed by atoms with Gasteiger partial charge in [0.25, 0.3) is 0 Å². The molecule has 0 aliphatic carbocycles. The molecule has 2 N–H and O–H groups in total. The summed E-state index contributed by atoms with van der Waals surface area (Å²) in [5, 5.41) is 0. The number of hydrogen-bond acceptors (Lipinski definition) is 1. The van der Waals surface area contributed by atoms with Crippen LogP contribution < -0.4 is 5.73 Å². The first-order valence-electron chi connectivity index (χ1n) is 8.35. The van der Waals surface area contributed by atoms with Crippen LogP contribution in [0, 0.1) is 6.92 Å². The largest absolute Gasteiger partial charge is 0.328 e. The first kappa shape index (κ1) is 16.8. The van der Waals surface area contributed by atoms with E-state index in [4.69, 9.17) is 5.73 Å². The molecule has 118 valence electrons. The Morgan fingerprint density at radius 2 is 1.41 bits per heavy atom. The van der Waals surface area contributed by atoms with Crippen molar-refractivity contribution in [2.45, 2.75) is 58.4 Å². The van der Waals surface area contributed by atoms with E-state index < -0.39 is 0 Å². The van der Waals surface area contributed by atoms with Crippen molar-refractivity contribution in [3.05, 3.63) is 70.8 Å². The molecule has 0 aliphatic rings. The molecular weight excluding hydrogens is 266 g/mol. The maximum atomic E-state index is 6.01. The van der Waals surface area contributed by atoms with Crippen molar-refractivity contribution >= 4 is 0 Å². The van der Waals surface area contributed by atoms with Gasteiger partial charge in [-0.1, -0.05) is 74.9 Å². The topological polar surface area (TPSA) is 26.0 Å². The second-order valence-corrected chi connectivity index (χ2v) is 6.89. The van der Waals surface area contributed by atoms with Crippen LogP contribution in [-0.4, -0.2) is 6.04 Å². The Hall–Kier alpha value is -1.60. The standard InChI is InChI=1S/C21H29N/c1-5-20(22)15-10-17-8-13-19(14-9-17)21(3,4)18-11-6-16(2)7-12-18/h6-9,11-14,20H,5,10,15,22H2,1-4H3. The highest BCUT2D eigenvalue weighted by molar-refractivity contribution is 5.39. The van der Waals surface area contributed by atoms with Gasteiger partial charge < -0.3 is 5.73 Å². The van der Waals surface area contributed by atoms with E-state index in [2.05, 4.69) is 76.2 Å². The van der Waals surface area contributed by atoms with Crippen LogP contribution in [0.5, 0.6) is 0 Å². The molecular formula is C21H29N. The molecule has 0 saturated carbocycles. The summed E-state index contributed by atoms with van der Waals surface area (Å²) < 4.78 is 0. The molecule has 2 aromatic rings. The minimum atomic E-state index is 0.0338. The SMILES string of the molecule is CCC(N)CCc1ccc(C(C)(C)c2ccc(C)cc2)cc1. The molecule has 1 heteroatoms. The fourth-order valence-electron chi connectivity index (χ4n) is 2.78. The number of hydrogen-bond donors (Lipinski definition) is 1. The summed E-state index contributed by atoms with van der Waals surface area (Å²) in [7, 11) is 0. The third-order valence-electron chi connectivity index (χ3n) is 4.78. The highest BCUT2D eigenvalue weighted by Crippen LogP contribution is 2.31. The van der Waals surface area contributed by atoms with Gasteiger partial charge in [0.05, 0.1) is 0 Å². The minimum absolute atomic E-state index is 0.0338. The van der Waals surface area contributed by atoms with E-state index in [1.165, 1.54) is 22.3 Å². The summed E-state index contributed by atoms with van der Waals surface area (Å²) in [6.07, 6.45) is 3.19. The molecule has 0 spiro atoms. The summed E-state index contributed by atoms with van der Waals surface area (Å²) in [6, 6.07) is 18.2. The van der Waals surface area contributed by atoms with Crippen LogP contribution in [0.2, 0.25) is 0 Å². The summed E-state index contributed by atoms with van der Waals surface area (Å²) in [4.78, 5) is 0. The fourth-order valence-corrected chi connectivity index (χ4v) is 2.78. The van der Waals surface area contributed by atoms with Gasteiger partial charge in [0.2, 0.25) is 0 Å². The lowest BCUT2D eigenvalue weighted by Crippen LogP contribution is -2.20. The number of aryl methyl sites for hydroxylation is 2. The van der Waals surface area contributed by atoms with Crippen LogP contribution in [0.25, 0.3) is 0 Å². The summed E-state index contributed by atoms with van der Waals surface area (Å²) >= 11 is 0. The monoisotopic (exact) mass is 295 g/mol. The van der Waals surface area contributed by atoms with Crippen LogP contribution in [0.4, 0.5) is 0 Å². The van der Waals surface area contributed by atoms with Crippen molar-refractivity contribution in [3.8, 4) is 0 Å². The van der Waals surface area contributed by atoms with E-state index in [0.717, 1.165) is 19.3 Å². The molecule has 0 bridgehead atoms. The zero-order chi connectivity index (χ0) is 16.2. The molecule has 2 rings (SSSR count). The Morgan fingerprint density at radius 1 is 0.909 bits per heavy atom. The molecule has 2 aromatic carbocycles. The summed E-state index contributed by atoms with van der Waals surface area (Å²) in [5.41, 5.74) is 11.5. The molecule has 0 fully saturated rings. The second kappa shape index (κ2) is 7.11. The Balaban J connectivity index is 2.13. The van der Waals surface area contributed by atoms with E-state index >= 15 is 0 Å². The van der Waals surface area contributed by atoms with Crippen molar-refractivity contribution in [1.29, 1.82) is 0 Å². The lowest BCUT2D eigenvalue weighted by atomic mass is 9.77. The predicted octanol–water partition coefficient (Wildman–Crippen LogP) is 4.99. The molecule has 22 heavy (non-hydrogen) atoms. The first-order chi connectivity index (χ1) is 10.4. The van der Waals surface area contributed by atoms with Crippen molar-refractivity contribution < 1.29 is 0 Å². The van der Waals surface area contributed by atoms with E-state index in [1.54, 1.807) is 0 Å². The van der Waals surface area contributed by atoms with Gasteiger partial charge in [-0.15, -0.1) is 0 Å². The Labute approximate surface area is 135 Å². The van der Waals surface area contributed by atoms with Crippen LogP contribution in [0.3, 0.4) is 0 Å². The maximum absolute atomic E-state index is 6.01. The third kappa shape index (κ3) is 3.98. The molecule has 0 heterocycles. The van der Waals surface area contributed by atoms with Gasteiger partial charge in [0.15, 0.2) is 0 Å². The Kier molecular flexibility index (Phi) is 5.42. The molecule has 1 unspecified atom stereocenters. The van der Waals surface area contributed by atoms with Crippen molar-refractivity contribution in [1.82, 2.24) is 0 Å². The number of rotatable bonds is 6. The highest BCUT2D eigenvalue weighted by Gasteiger charge is 2.22. The smallest absolute Gasteiger partial charge is 0.0146 e. The highest BCUT2D eigenvalue weighted by atomic mass is 14.6. The van der Waals surface area contributed by atoms with Gasteiger partial charge in [-0.25, -0.2) is 0 Å². The summed E-state index contributed by atoms with van der Waals surface area (Å²) in [6.45, 7) is 8.86. The van der Waals surface area contributed by atoms with Crippen LogP contribution >= 0.6 is 0 Å². The van der Waals surface area contributed by atoms with Gasteiger partial charge in [0, 0.05) is 11.5 Å². The van der Waals surface area contributed by atoms with Crippen LogP contribution in [0.15, 0.2) is 48.5 Å². The zero-order valence-corrected chi connectivity index (χ0v) is 14.4. The predicted molar refractivity (Wildman–Crippen MR) is 96.3 cm³/mol. The van der Waals surface area contributed by atoms with Gasteiger partial charge >= 0.3 is 0 Å². The Bertz CT molecular complexity index is 578. The number of benzene rings is 2. The zero-order valence-electron chi connectivity index (χ0n) is 14.4. The summed E-state index contributed by atoms with van der Waals surface area (Å²) in [5.74, 6) is 0. The minimum Gasteiger partial charge on any atom is -0.328 e. The molecule has 0 aliphatic heterocycles. The van der Waals surface area contributed by atoms with Gasteiger partial charge in [0.1, 0.15) is 0 Å². The van der Waals surface area contributed by atoms with E-state index in [9.17, 15) is 0 Å². The van der Waals surface area contributed by atoms with Gasteiger partial charge in [-0.05, 0) is 42.9 Å². The lowest BCUT2D eigenvalue weighted by Gasteiger charge is -2.26. The fraction of sp³-hybridized carbons (Fsp3) is 0.429. The van der Waals surface area contributed by atoms with Crippen molar-refractivity contribution in [2.75, 3.05) is 0 Å². The number of nitrogens with two attached hydrogens (primary N) is 1. The average Bonchev–Trinajstić information content (AvgIpc) is 2.53. The van der Waals surface area contributed by atoms with E-state index in [1.807, 2.05) is 0 Å². The third-order valence-corrected chi connectivity index (χ3v) is 4.78. The lowest BCUT2D eigenvalue weighted by molar-refractivity contribution is 0.595. The maximum Gasteiger partial charge on any atom is 0.0146 e. The molecule has 0 saturated heterocycles. The van der Waals surface area contributed by atoms with Crippen LogP contribution in [-0.2, 0) is 11.8 Å². The molecule has 0 radical (unpaired) electrons. The second-order valence-electron chi connectivity index (χ2n) is 6.89. The average molecular weight is 295 g/mol. The Morgan fingerprint density at radius 3 is 1.91 bits per heavy atom. The molecule has 0 aromatic heterocycles. The van der Waals surface area contributed by atoms with Crippen LogP contribution in [0.1, 0.15) is 55.9 Å². The van der Waals surface area contributed by atoms with E-state index in [0.29, 0.717) is 6.04 Å². The van der Waals surface area contributed by atoms with Gasteiger partial charge in [-0.2, -0.15) is 0 Å². The van der Waals surface area contributed by atoms with E-state index in [-0.39, 0.29) is 5.41 Å². The molecule has 0 amide bonds. The van der Waals surface area contributed by atoms with Crippen molar-refractivity contribution in [2.24, 2.45) is 5.73 Å². The quantitative estimate of drug-likeness (QED) is 0.798. The normalized spacial score (nSPS) is 13.1. The first-order valence-corrected chi connectivity index (χ1v) is 8.35. The molecule has 1 atom stereocenters.